The van der Waals surface area contributed by atoms with Crippen molar-refractivity contribution >= 4 is 0 Å². The summed E-state index contributed by atoms with van der Waals surface area (Å²) in [5.41, 5.74) is 2.68. The Morgan fingerprint density at radius 3 is 2.31 bits per heavy atom. The molecular formula is C12H16F. The smallest absolute Gasteiger partial charge is 0.130 e. The number of benzene rings is 1. The van der Waals surface area contributed by atoms with E-state index >= 15 is 0 Å². The first-order valence-corrected chi connectivity index (χ1v) is 4.95. The Hall–Kier alpha value is -0.850. The van der Waals surface area contributed by atoms with E-state index in [1.54, 1.807) is 0 Å². The summed E-state index contributed by atoms with van der Waals surface area (Å²) in [7, 11) is 0. The average Bonchev–Trinajstić information content (AvgIpc) is 2.18. The van der Waals surface area contributed by atoms with Crippen molar-refractivity contribution in [3.8, 4) is 0 Å². The van der Waals surface area contributed by atoms with E-state index in [1.807, 2.05) is 19.9 Å². The summed E-state index contributed by atoms with van der Waals surface area (Å²) in [5.74, 6) is -0.0535. The van der Waals surface area contributed by atoms with E-state index in [4.69, 9.17) is 0 Å². The van der Waals surface area contributed by atoms with Gasteiger partial charge in [-0.15, -0.1) is 0 Å². The van der Waals surface area contributed by atoms with Crippen LogP contribution in [-0.2, 0) is 19.3 Å². The topological polar surface area (TPSA) is 0 Å². The molecule has 0 atom stereocenters. The van der Waals surface area contributed by atoms with Gasteiger partial charge in [0.2, 0.25) is 0 Å². The number of halogens is 1. The van der Waals surface area contributed by atoms with Gasteiger partial charge < -0.3 is 0 Å². The van der Waals surface area contributed by atoms with E-state index in [0.717, 1.165) is 36.0 Å². The summed E-state index contributed by atoms with van der Waals surface area (Å²) < 4.78 is 13.6. The van der Waals surface area contributed by atoms with Gasteiger partial charge in [-0.1, -0.05) is 26.8 Å². The molecule has 0 N–H and O–H groups in total. The Morgan fingerprint density at radius 1 is 1.15 bits per heavy atom. The standard InChI is InChI=1S/C12H16F/c1-4-9-7-10(5-2)12(13)11(6-3)8-9/h7H,4-6H2,1-3H3. The second-order valence-corrected chi connectivity index (χ2v) is 3.17. The number of rotatable bonds is 3. The molecule has 0 nitrogen and oxygen atoms in total. The zero-order valence-electron chi connectivity index (χ0n) is 8.58. The highest BCUT2D eigenvalue weighted by Crippen LogP contribution is 2.17. The molecule has 0 aliphatic carbocycles. The molecule has 1 aromatic rings. The molecule has 0 unspecified atom stereocenters. The van der Waals surface area contributed by atoms with Gasteiger partial charge in [0.05, 0.1) is 0 Å². The molecule has 0 saturated heterocycles. The second kappa shape index (κ2) is 4.40. The average molecular weight is 179 g/mol. The van der Waals surface area contributed by atoms with Gasteiger partial charge in [0.15, 0.2) is 0 Å². The van der Waals surface area contributed by atoms with Crippen LogP contribution in [0.1, 0.15) is 37.5 Å². The summed E-state index contributed by atoms with van der Waals surface area (Å²) in [6, 6.07) is 5.04. The van der Waals surface area contributed by atoms with Crippen molar-refractivity contribution < 1.29 is 4.39 Å². The SMILES string of the molecule is CCc1[c]c(CC)c(F)c(CC)c1. The molecule has 1 aromatic carbocycles. The Balaban J connectivity index is 3.20. The molecule has 0 bridgehead atoms. The minimum atomic E-state index is -0.0535. The lowest BCUT2D eigenvalue weighted by molar-refractivity contribution is 0.595. The normalized spacial score (nSPS) is 10.5. The predicted octanol–water partition coefficient (Wildman–Crippen LogP) is 3.31. The third-order valence-corrected chi connectivity index (χ3v) is 2.32. The lowest BCUT2D eigenvalue weighted by Gasteiger charge is -2.07. The van der Waals surface area contributed by atoms with Gasteiger partial charge in [-0.25, -0.2) is 4.39 Å². The maximum atomic E-state index is 13.6. The van der Waals surface area contributed by atoms with Crippen LogP contribution in [0.15, 0.2) is 6.07 Å². The highest BCUT2D eigenvalue weighted by molar-refractivity contribution is 5.31. The number of hydrogen-bond donors (Lipinski definition) is 0. The molecule has 0 spiro atoms. The van der Waals surface area contributed by atoms with Crippen LogP contribution in [0.5, 0.6) is 0 Å². The lowest BCUT2D eigenvalue weighted by atomic mass is 10.0. The van der Waals surface area contributed by atoms with Gasteiger partial charge in [0, 0.05) is 0 Å². The fraction of sp³-hybridized carbons (Fsp3) is 0.500. The minimum Gasteiger partial charge on any atom is -0.206 e. The van der Waals surface area contributed by atoms with Crippen molar-refractivity contribution in [3.05, 3.63) is 34.6 Å². The van der Waals surface area contributed by atoms with Crippen molar-refractivity contribution in [1.82, 2.24) is 0 Å². The van der Waals surface area contributed by atoms with E-state index in [1.165, 1.54) is 0 Å². The molecular weight excluding hydrogens is 163 g/mol. The van der Waals surface area contributed by atoms with Crippen molar-refractivity contribution in [2.45, 2.75) is 40.0 Å². The van der Waals surface area contributed by atoms with Crippen LogP contribution < -0.4 is 0 Å². The maximum absolute atomic E-state index is 13.6. The fourth-order valence-corrected chi connectivity index (χ4v) is 1.44. The van der Waals surface area contributed by atoms with Crippen LogP contribution in [-0.4, -0.2) is 0 Å². The van der Waals surface area contributed by atoms with Gasteiger partial charge in [-0.2, -0.15) is 0 Å². The van der Waals surface area contributed by atoms with Crippen molar-refractivity contribution in [2.75, 3.05) is 0 Å². The molecule has 71 valence electrons. The molecule has 1 heteroatoms. The summed E-state index contributed by atoms with van der Waals surface area (Å²) in [4.78, 5) is 0. The van der Waals surface area contributed by atoms with Crippen molar-refractivity contribution in [3.63, 3.8) is 0 Å². The Kier molecular flexibility index (Phi) is 3.47. The van der Waals surface area contributed by atoms with Crippen LogP contribution in [0, 0.1) is 11.9 Å². The van der Waals surface area contributed by atoms with E-state index < -0.39 is 0 Å². The number of aryl methyl sites for hydroxylation is 3. The molecule has 0 aromatic heterocycles. The van der Waals surface area contributed by atoms with Crippen molar-refractivity contribution in [2.24, 2.45) is 0 Å². The van der Waals surface area contributed by atoms with Crippen LogP contribution in [0.2, 0.25) is 0 Å². The monoisotopic (exact) mass is 179 g/mol. The summed E-state index contributed by atoms with van der Waals surface area (Å²) in [6.45, 7) is 6.02. The fourth-order valence-electron chi connectivity index (χ4n) is 1.44. The first-order valence-electron chi connectivity index (χ1n) is 4.95. The van der Waals surface area contributed by atoms with Gasteiger partial charge in [0.1, 0.15) is 5.82 Å². The second-order valence-electron chi connectivity index (χ2n) is 3.17. The molecule has 0 aliphatic heterocycles. The molecule has 0 fully saturated rings. The summed E-state index contributed by atoms with van der Waals surface area (Å²) >= 11 is 0. The highest BCUT2D eigenvalue weighted by Gasteiger charge is 2.07. The van der Waals surface area contributed by atoms with Crippen LogP contribution >= 0.6 is 0 Å². The lowest BCUT2D eigenvalue weighted by Crippen LogP contribution is -1.98. The molecule has 0 aliphatic rings. The summed E-state index contributed by atoms with van der Waals surface area (Å²) in [5, 5.41) is 0. The largest absolute Gasteiger partial charge is 0.206 e. The van der Waals surface area contributed by atoms with E-state index in [9.17, 15) is 4.39 Å². The van der Waals surface area contributed by atoms with Crippen LogP contribution in [0.3, 0.4) is 0 Å². The highest BCUT2D eigenvalue weighted by atomic mass is 19.1. The first-order chi connectivity index (χ1) is 6.22. The first kappa shape index (κ1) is 10.2. The predicted molar refractivity (Wildman–Crippen MR) is 53.4 cm³/mol. The van der Waals surface area contributed by atoms with Gasteiger partial charge in [0.25, 0.3) is 0 Å². The van der Waals surface area contributed by atoms with Gasteiger partial charge in [-0.05, 0) is 42.0 Å². The summed E-state index contributed by atoms with van der Waals surface area (Å²) in [6.07, 6.45) is 2.42. The van der Waals surface area contributed by atoms with E-state index in [-0.39, 0.29) is 5.82 Å². The Morgan fingerprint density at radius 2 is 1.85 bits per heavy atom. The van der Waals surface area contributed by atoms with E-state index in [2.05, 4.69) is 13.0 Å². The third-order valence-electron chi connectivity index (χ3n) is 2.32. The third kappa shape index (κ3) is 2.09. The molecule has 0 amide bonds. The van der Waals surface area contributed by atoms with E-state index in [0.29, 0.717) is 0 Å². The molecule has 0 saturated carbocycles. The maximum Gasteiger partial charge on any atom is 0.130 e. The zero-order valence-corrected chi connectivity index (χ0v) is 8.58. The van der Waals surface area contributed by atoms with Crippen LogP contribution in [0.25, 0.3) is 0 Å². The Bertz CT molecular complexity index is 264. The Labute approximate surface area is 79.8 Å². The molecule has 0 heterocycles. The molecule has 1 rings (SSSR count). The molecule has 1 radical (unpaired) electrons. The molecule has 13 heavy (non-hydrogen) atoms. The van der Waals surface area contributed by atoms with Crippen LogP contribution in [0.4, 0.5) is 4.39 Å². The van der Waals surface area contributed by atoms with Gasteiger partial charge >= 0.3 is 0 Å². The zero-order chi connectivity index (χ0) is 9.84. The number of hydrogen-bond acceptors (Lipinski definition) is 0. The minimum absolute atomic E-state index is 0.0535. The quantitative estimate of drug-likeness (QED) is 0.667. The van der Waals surface area contributed by atoms with Crippen molar-refractivity contribution in [1.29, 1.82) is 0 Å². The van der Waals surface area contributed by atoms with Gasteiger partial charge in [-0.3, -0.25) is 0 Å².